The second-order valence-corrected chi connectivity index (χ2v) is 11.7. The fraction of sp³-hybridized carbons (Fsp3) is 0.333. The number of anilines is 1. The first-order chi connectivity index (χ1) is 19.1. The number of methoxy groups -OCH3 is 1. The van der Waals surface area contributed by atoms with Crippen LogP contribution in [0.3, 0.4) is 0 Å². The third-order valence-electron chi connectivity index (χ3n) is 6.51. The minimum atomic E-state index is -4.18. The molecule has 214 valence electrons. The van der Waals surface area contributed by atoms with E-state index in [0.717, 1.165) is 21.9 Å². The third-order valence-corrected chi connectivity index (χ3v) is 8.60. The summed E-state index contributed by atoms with van der Waals surface area (Å²) >= 11 is 6.35. The monoisotopic (exact) mass is 585 g/mol. The van der Waals surface area contributed by atoms with Crippen molar-refractivity contribution in [2.24, 2.45) is 0 Å². The first-order valence-corrected chi connectivity index (χ1v) is 14.9. The Hall–Kier alpha value is -3.56. The molecule has 0 spiro atoms. The number of benzene rings is 3. The molecule has 0 unspecified atom stereocenters. The highest BCUT2D eigenvalue weighted by molar-refractivity contribution is 7.92. The zero-order chi connectivity index (χ0) is 29.3. The van der Waals surface area contributed by atoms with Crippen LogP contribution in [0.15, 0.2) is 77.7 Å². The van der Waals surface area contributed by atoms with Crippen molar-refractivity contribution in [3.63, 3.8) is 0 Å². The summed E-state index contributed by atoms with van der Waals surface area (Å²) in [4.78, 5) is 28.3. The second kappa shape index (κ2) is 14.2. The van der Waals surface area contributed by atoms with Gasteiger partial charge in [0.2, 0.25) is 11.8 Å². The lowest BCUT2D eigenvalue weighted by Gasteiger charge is -2.32. The smallest absolute Gasteiger partial charge is 0.264 e. The molecule has 2 amide bonds. The molecule has 3 aromatic rings. The SMILES string of the molecule is CCCNC(=O)[C@H](C)N(CCc1ccccc1)C(=O)CN(c1ccc(OC)c(Cl)c1)S(=O)(=O)c1ccc(C)cc1. The fourth-order valence-electron chi connectivity index (χ4n) is 4.14. The zero-order valence-corrected chi connectivity index (χ0v) is 24.8. The molecule has 1 atom stereocenters. The minimum absolute atomic E-state index is 0.0300. The summed E-state index contributed by atoms with van der Waals surface area (Å²) in [6.07, 6.45) is 1.24. The van der Waals surface area contributed by atoms with Crippen molar-refractivity contribution in [2.45, 2.75) is 44.6 Å². The van der Waals surface area contributed by atoms with Crippen molar-refractivity contribution in [3.8, 4) is 5.75 Å². The van der Waals surface area contributed by atoms with E-state index in [4.69, 9.17) is 16.3 Å². The summed E-state index contributed by atoms with van der Waals surface area (Å²) in [5, 5.41) is 3.03. The molecule has 0 saturated carbocycles. The standard InChI is InChI=1S/C30H36ClN3O5S/c1-5-18-32-30(36)23(3)33(19-17-24-9-7-6-8-10-24)29(35)21-34(25-13-16-28(39-4)27(31)20-25)40(37,38)26-14-11-22(2)12-15-26/h6-16,20,23H,5,17-19,21H2,1-4H3,(H,32,36)/t23-/m0/s1. The van der Waals surface area contributed by atoms with Gasteiger partial charge in [-0.15, -0.1) is 0 Å². The van der Waals surface area contributed by atoms with Crippen LogP contribution >= 0.6 is 11.6 Å². The van der Waals surface area contributed by atoms with Crippen LogP contribution in [0.1, 0.15) is 31.4 Å². The van der Waals surface area contributed by atoms with Gasteiger partial charge in [0, 0.05) is 13.1 Å². The summed E-state index contributed by atoms with van der Waals surface area (Å²) in [5.41, 5.74) is 2.09. The van der Waals surface area contributed by atoms with Crippen LogP contribution in [-0.2, 0) is 26.0 Å². The maximum Gasteiger partial charge on any atom is 0.264 e. The van der Waals surface area contributed by atoms with Gasteiger partial charge in [-0.3, -0.25) is 13.9 Å². The number of amides is 2. The van der Waals surface area contributed by atoms with Crippen LogP contribution in [-0.4, -0.2) is 57.9 Å². The molecular formula is C30H36ClN3O5S. The normalized spacial score (nSPS) is 11.9. The molecule has 0 radical (unpaired) electrons. The van der Waals surface area contributed by atoms with E-state index in [1.807, 2.05) is 44.2 Å². The van der Waals surface area contributed by atoms with Crippen LogP contribution in [0.2, 0.25) is 5.02 Å². The van der Waals surface area contributed by atoms with Crippen LogP contribution in [0.4, 0.5) is 5.69 Å². The molecule has 8 nitrogen and oxygen atoms in total. The van der Waals surface area contributed by atoms with Crippen molar-refractivity contribution in [2.75, 3.05) is 31.0 Å². The summed E-state index contributed by atoms with van der Waals surface area (Å²) in [6, 6.07) is 19.7. The summed E-state index contributed by atoms with van der Waals surface area (Å²) in [6.45, 7) is 5.62. The Balaban J connectivity index is 2.00. The van der Waals surface area contributed by atoms with Crippen LogP contribution in [0, 0.1) is 6.92 Å². The number of carbonyl (C=O) groups excluding carboxylic acids is 2. The second-order valence-electron chi connectivity index (χ2n) is 9.43. The molecule has 3 aromatic carbocycles. The highest BCUT2D eigenvalue weighted by Gasteiger charge is 2.32. The molecule has 0 bridgehead atoms. The minimum Gasteiger partial charge on any atom is -0.495 e. The molecule has 1 N–H and O–H groups in total. The van der Waals surface area contributed by atoms with Gasteiger partial charge in [0.25, 0.3) is 10.0 Å². The number of rotatable bonds is 13. The van der Waals surface area contributed by atoms with Crippen molar-refractivity contribution in [1.82, 2.24) is 10.2 Å². The van der Waals surface area contributed by atoms with E-state index in [1.165, 1.54) is 36.3 Å². The maximum absolute atomic E-state index is 13.9. The first-order valence-electron chi connectivity index (χ1n) is 13.1. The number of sulfonamides is 1. The maximum atomic E-state index is 13.9. The van der Waals surface area contributed by atoms with E-state index in [1.54, 1.807) is 25.1 Å². The van der Waals surface area contributed by atoms with Gasteiger partial charge in [0.15, 0.2) is 0 Å². The average molecular weight is 586 g/mol. The third kappa shape index (κ3) is 7.76. The number of nitrogens with zero attached hydrogens (tertiary/aromatic N) is 2. The van der Waals surface area contributed by atoms with E-state index >= 15 is 0 Å². The Morgan fingerprint density at radius 2 is 1.70 bits per heavy atom. The molecule has 0 fully saturated rings. The van der Waals surface area contributed by atoms with Gasteiger partial charge < -0.3 is 15.0 Å². The summed E-state index contributed by atoms with van der Waals surface area (Å²) in [5.74, 6) is -0.448. The van der Waals surface area contributed by atoms with Crippen molar-refractivity contribution < 1.29 is 22.7 Å². The van der Waals surface area contributed by atoms with Gasteiger partial charge in [-0.05, 0) is 62.6 Å². The van der Waals surface area contributed by atoms with Gasteiger partial charge in [0.1, 0.15) is 18.3 Å². The summed E-state index contributed by atoms with van der Waals surface area (Å²) in [7, 11) is -2.72. The molecule has 0 aliphatic heterocycles. The Kier molecular flexibility index (Phi) is 11.0. The fourth-order valence-corrected chi connectivity index (χ4v) is 5.80. The number of halogens is 1. The van der Waals surface area contributed by atoms with Crippen molar-refractivity contribution in [3.05, 3.63) is 88.9 Å². The molecule has 10 heteroatoms. The van der Waals surface area contributed by atoms with Gasteiger partial charge in [-0.1, -0.05) is 66.6 Å². The van der Waals surface area contributed by atoms with E-state index in [2.05, 4.69) is 5.32 Å². The Labute approximate surface area is 241 Å². The number of ether oxygens (including phenoxy) is 1. The Bertz CT molecular complexity index is 1400. The average Bonchev–Trinajstić information content (AvgIpc) is 2.95. The highest BCUT2D eigenvalue weighted by Crippen LogP contribution is 2.32. The van der Waals surface area contributed by atoms with Gasteiger partial charge in [0.05, 0.1) is 22.7 Å². The lowest BCUT2D eigenvalue weighted by atomic mass is 10.1. The number of aryl methyl sites for hydroxylation is 1. The van der Waals surface area contributed by atoms with Crippen LogP contribution < -0.4 is 14.4 Å². The van der Waals surface area contributed by atoms with E-state index < -0.39 is 28.5 Å². The number of hydrogen-bond donors (Lipinski definition) is 1. The lowest BCUT2D eigenvalue weighted by molar-refractivity contribution is -0.138. The molecule has 0 aliphatic rings. The number of hydrogen-bond acceptors (Lipinski definition) is 5. The van der Waals surface area contributed by atoms with Crippen molar-refractivity contribution in [1.29, 1.82) is 0 Å². The predicted molar refractivity (Wildman–Crippen MR) is 158 cm³/mol. The Morgan fingerprint density at radius 1 is 1.02 bits per heavy atom. The zero-order valence-electron chi connectivity index (χ0n) is 23.3. The Morgan fingerprint density at radius 3 is 2.30 bits per heavy atom. The van der Waals surface area contributed by atoms with Crippen LogP contribution in [0.5, 0.6) is 5.75 Å². The first kappa shape index (κ1) is 31.0. The molecule has 0 heterocycles. The van der Waals surface area contributed by atoms with Gasteiger partial charge in [-0.2, -0.15) is 0 Å². The predicted octanol–water partition coefficient (Wildman–Crippen LogP) is 4.84. The largest absolute Gasteiger partial charge is 0.495 e. The molecule has 0 aliphatic carbocycles. The number of carbonyl (C=O) groups is 2. The van der Waals surface area contributed by atoms with E-state index in [-0.39, 0.29) is 28.1 Å². The van der Waals surface area contributed by atoms with Gasteiger partial charge in [-0.25, -0.2) is 8.42 Å². The van der Waals surface area contributed by atoms with E-state index in [0.29, 0.717) is 18.7 Å². The van der Waals surface area contributed by atoms with Crippen LogP contribution in [0.25, 0.3) is 0 Å². The molecular weight excluding hydrogens is 550 g/mol. The van der Waals surface area contributed by atoms with Gasteiger partial charge >= 0.3 is 0 Å². The number of nitrogens with one attached hydrogen (secondary N) is 1. The molecule has 0 aromatic heterocycles. The van der Waals surface area contributed by atoms with E-state index in [9.17, 15) is 18.0 Å². The molecule has 0 saturated heterocycles. The topological polar surface area (TPSA) is 96.0 Å². The molecule has 3 rings (SSSR count). The lowest BCUT2D eigenvalue weighted by Crippen LogP contribution is -2.52. The van der Waals surface area contributed by atoms with Crippen molar-refractivity contribution >= 4 is 39.1 Å². The highest BCUT2D eigenvalue weighted by atomic mass is 35.5. The quantitative estimate of drug-likeness (QED) is 0.310. The summed E-state index contributed by atoms with van der Waals surface area (Å²) < 4.78 is 34.0. The molecule has 40 heavy (non-hydrogen) atoms.